The molecule has 0 bridgehead atoms. The van der Waals surface area contributed by atoms with Crippen LogP contribution in [0.3, 0.4) is 0 Å². The van der Waals surface area contributed by atoms with E-state index in [9.17, 15) is 9.18 Å². The van der Waals surface area contributed by atoms with Crippen LogP contribution in [0.25, 0.3) is 0 Å². The van der Waals surface area contributed by atoms with Gasteiger partial charge in [-0.2, -0.15) is 0 Å². The molecule has 0 aliphatic heterocycles. The molecule has 0 fully saturated rings. The molecule has 0 heterocycles. The molecule has 1 atom stereocenters. The van der Waals surface area contributed by atoms with E-state index in [-0.39, 0.29) is 13.2 Å². The second-order valence-corrected chi connectivity index (χ2v) is 2.75. The second kappa shape index (κ2) is 8.50. The van der Waals surface area contributed by atoms with E-state index < -0.39 is 18.8 Å². The molecule has 2 N–H and O–H groups in total. The summed E-state index contributed by atoms with van der Waals surface area (Å²) < 4.78 is 16.9. The average molecular weight is 205 g/mol. The molecule has 1 unspecified atom stereocenters. The van der Waals surface area contributed by atoms with Crippen LogP contribution >= 0.6 is 0 Å². The zero-order chi connectivity index (χ0) is 10.8. The predicted octanol–water partition coefficient (Wildman–Crippen LogP) is 1.01. The first-order valence-electron chi connectivity index (χ1n) is 4.45. The van der Waals surface area contributed by atoms with Crippen LogP contribution in [-0.2, 0) is 4.74 Å². The fourth-order valence-electron chi connectivity index (χ4n) is 0.869. The summed E-state index contributed by atoms with van der Waals surface area (Å²) in [5.41, 5.74) is 0. The van der Waals surface area contributed by atoms with Crippen LogP contribution in [0.4, 0.5) is 9.18 Å². The van der Waals surface area contributed by atoms with Gasteiger partial charge >= 0.3 is 6.09 Å². The van der Waals surface area contributed by atoms with Crippen LogP contribution in [0.2, 0.25) is 0 Å². The SMILES string of the molecule is C=CCOC(=O)NC(CF)CCCO. The van der Waals surface area contributed by atoms with E-state index in [1.165, 1.54) is 6.08 Å². The first-order chi connectivity index (χ1) is 6.74. The molecule has 0 aromatic carbocycles. The molecule has 0 saturated heterocycles. The second-order valence-electron chi connectivity index (χ2n) is 2.75. The average Bonchev–Trinajstić information content (AvgIpc) is 2.21. The number of aliphatic hydroxyl groups is 1. The molecule has 0 spiro atoms. The van der Waals surface area contributed by atoms with Gasteiger partial charge in [0.2, 0.25) is 0 Å². The van der Waals surface area contributed by atoms with Crippen LogP contribution in [-0.4, -0.2) is 37.1 Å². The third-order valence-corrected chi connectivity index (χ3v) is 1.55. The highest BCUT2D eigenvalue weighted by molar-refractivity contribution is 5.67. The molecule has 0 aromatic rings. The number of carbonyl (C=O) groups is 1. The van der Waals surface area contributed by atoms with Crippen LogP contribution < -0.4 is 5.32 Å². The van der Waals surface area contributed by atoms with Gasteiger partial charge in [0.05, 0.1) is 6.04 Å². The number of amides is 1. The molecule has 0 radical (unpaired) electrons. The number of hydrogen-bond acceptors (Lipinski definition) is 3. The van der Waals surface area contributed by atoms with Gasteiger partial charge in [-0.25, -0.2) is 9.18 Å². The lowest BCUT2D eigenvalue weighted by molar-refractivity contribution is 0.149. The smallest absolute Gasteiger partial charge is 0.407 e. The first-order valence-corrected chi connectivity index (χ1v) is 4.45. The Hall–Kier alpha value is -1.10. The maximum absolute atomic E-state index is 12.3. The summed E-state index contributed by atoms with van der Waals surface area (Å²) in [4.78, 5) is 10.9. The highest BCUT2D eigenvalue weighted by Gasteiger charge is 2.11. The summed E-state index contributed by atoms with van der Waals surface area (Å²) in [6, 6.07) is -0.584. The number of carbonyl (C=O) groups excluding carboxylic acids is 1. The maximum Gasteiger partial charge on any atom is 0.407 e. The van der Waals surface area contributed by atoms with Crippen LogP contribution in [0, 0.1) is 0 Å². The summed E-state index contributed by atoms with van der Waals surface area (Å²) in [6.07, 6.45) is 1.62. The number of ether oxygens (including phenoxy) is 1. The zero-order valence-electron chi connectivity index (χ0n) is 8.04. The van der Waals surface area contributed by atoms with E-state index in [1.54, 1.807) is 0 Å². The Morgan fingerprint density at radius 2 is 2.43 bits per heavy atom. The van der Waals surface area contributed by atoms with E-state index >= 15 is 0 Å². The lowest BCUT2D eigenvalue weighted by atomic mass is 10.2. The number of alkyl halides is 1. The van der Waals surface area contributed by atoms with Gasteiger partial charge < -0.3 is 15.2 Å². The minimum Gasteiger partial charge on any atom is -0.445 e. The fraction of sp³-hybridized carbons (Fsp3) is 0.667. The Bertz CT molecular complexity index is 175. The van der Waals surface area contributed by atoms with Gasteiger partial charge in [0, 0.05) is 6.61 Å². The molecule has 14 heavy (non-hydrogen) atoms. The summed E-state index contributed by atoms with van der Waals surface area (Å²) >= 11 is 0. The predicted molar refractivity (Wildman–Crippen MR) is 50.8 cm³/mol. The van der Waals surface area contributed by atoms with Gasteiger partial charge in [-0.3, -0.25) is 0 Å². The van der Waals surface area contributed by atoms with Crippen molar-refractivity contribution in [3.8, 4) is 0 Å². The lowest BCUT2D eigenvalue weighted by Crippen LogP contribution is -2.37. The fourth-order valence-corrected chi connectivity index (χ4v) is 0.869. The third-order valence-electron chi connectivity index (χ3n) is 1.55. The third kappa shape index (κ3) is 6.42. The largest absolute Gasteiger partial charge is 0.445 e. The summed E-state index contributed by atoms with van der Waals surface area (Å²) in [5.74, 6) is 0. The van der Waals surface area contributed by atoms with Crippen molar-refractivity contribution in [2.75, 3.05) is 19.9 Å². The Kier molecular flexibility index (Phi) is 7.83. The number of halogens is 1. The van der Waals surface area contributed by atoms with Gasteiger partial charge in [-0.1, -0.05) is 12.7 Å². The Morgan fingerprint density at radius 1 is 1.71 bits per heavy atom. The van der Waals surface area contributed by atoms with E-state index in [0.29, 0.717) is 12.8 Å². The molecule has 0 rings (SSSR count). The summed E-state index contributed by atoms with van der Waals surface area (Å²) in [7, 11) is 0. The first kappa shape index (κ1) is 12.9. The van der Waals surface area contributed by atoms with Crippen molar-refractivity contribution in [3.63, 3.8) is 0 Å². The summed E-state index contributed by atoms with van der Waals surface area (Å²) in [6.45, 7) is 2.79. The van der Waals surface area contributed by atoms with Gasteiger partial charge in [0.25, 0.3) is 0 Å². The molecule has 4 nitrogen and oxygen atoms in total. The molecular formula is C9H16FNO3. The highest BCUT2D eigenvalue weighted by atomic mass is 19.1. The number of rotatable bonds is 7. The van der Waals surface area contributed by atoms with Crippen molar-refractivity contribution in [2.24, 2.45) is 0 Å². The standard InChI is InChI=1S/C9H16FNO3/c1-2-6-14-9(13)11-8(7-10)4-3-5-12/h2,8,12H,1,3-7H2,(H,11,13). The molecule has 1 amide bonds. The minimum absolute atomic E-state index is 0.0140. The quantitative estimate of drug-likeness (QED) is 0.610. The lowest BCUT2D eigenvalue weighted by Gasteiger charge is -2.13. The van der Waals surface area contributed by atoms with E-state index in [2.05, 4.69) is 16.6 Å². The van der Waals surface area contributed by atoms with Crippen LogP contribution in [0.5, 0.6) is 0 Å². The molecule has 5 heteroatoms. The molecule has 0 aliphatic carbocycles. The van der Waals surface area contributed by atoms with Gasteiger partial charge in [-0.05, 0) is 12.8 Å². The molecule has 0 aliphatic rings. The molecular weight excluding hydrogens is 189 g/mol. The van der Waals surface area contributed by atoms with E-state index in [0.717, 1.165) is 0 Å². The number of aliphatic hydroxyl groups excluding tert-OH is 1. The van der Waals surface area contributed by atoms with Crippen LogP contribution in [0.1, 0.15) is 12.8 Å². The van der Waals surface area contributed by atoms with Crippen molar-refractivity contribution in [2.45, 2.75) is 18.9 Å². The Morgan fingerprint density at radius 3 is 2.93 bits per heavy atom. The zero-order valence-corrected chi connectivity index (χ0v) is 8.04. The molecule has 82 valence electrons. The van der Waals surface area contributed by atoms with Crippen molar-refractivity contribution < 1.29 is 19.0 Å². The normalized spacial score (nSPS) is 11.9. The van der Waals surface area contributed by atoms with Crippen molar-refractivity contribution >= 4 is 6.09 Å². The number of hydrogen-bond donors (Lipinski definition) is 2. The van der Waals surface area contributed by atoms with E-state index in [1.807, 2.05) is 0 Å². The van der Waals surface area contributed by atoms with Crippen molar-refractivity contribution in [1.82, 2.24) is 5.32 Å². The van der Waals surface area contributed by atoms with Gasteiger partial charge in [-0.15, -0.1) is 0 Å². The Balaban J connectivity index is 3.67. The summed E-state index contributed by atoms with van der Waals surface area (Å²) in [5, 5.41) is 10.8. The highest BCUT2D eigenvalue weighted by Crippen LogP contribution is 1.98. The molecule has 0 saturated carbocycles. The van der Waals surface area contributed by atoms with E-state index in [4.69, 9.17) is 5.11 Å². The molecule has 0 aromatic heterocycles. The van der Waals surface area contributed by atoms with Crippen molar-refractivity contribution in [1.29, 1.82) is 0 Å². The number of nitrogens with one attached hydrogen (secondary N) is 1. The monoisotopic (exact) mass is 205 g/mol. The number of alkyl carbamates (subject to hydrolysis) is 1. The topological polar surface area (TPSA) is 58.6 Å². The maximum atomic E-state index is 12.3. The van der Waals surface area contributed by atoms with Gasteiger partial charge in [0.15, 0.2) is 0 Å². The van der Waals surface area contributed by atoms with Crippen molar-refractivity contribution in [3.05, 3.63) is 12.7 Å². The van der Waals surface area contributed by atoms with Gasteiger partial charge in [0.1, 0.15) is 13.3 Å². The Labute approximate surface area is 82.8 Å². The van der Waals surface area contributed by atoms with Crippen LogP contribution in [0.15, 0.2) is 12.7 Å². The minimum atomic E-state index is -0.664.